The fourth-order valence-corrected chi connectivity index (χ4v) is 13.6. The number of rotatable bonds is 15. The standard InChI is InChI=1S/C35H35F3N2O3.C19H16F3NO2.C16H21NO2.2H2S/c1-3-40-21-29(31-25(10-7-11-30(31)40)16-23-12-14-27(15-13-23)35(36,37)38)32(41)39-28-19-34(20-28)17-26(18-34)33(42)43-22(2)24-8-5-4-6-9-24;1-2-23-11-15(18(24)25)17-13(4-3-5-16(17)23)10-12-6-8-14(9-7-12)19(20,21)22;1-11(12-5-3-2-4-6-12)19-15(18)13-7-16(8-13)9-14(17)10-16;;/h4-15,21-22,26,28H,3,16-20H2,1-2H3,(H,39,41);3-9,11H,2,10H2,1H3,(H,24,25);2-6,11,13-14H,7-10,17H2,1H3;2*1H2/t22-,26?,28?,34?;;;;/m0..../s1. The third-order valence-corrected chi connectivity index (χ3v) is 18.1. The quantitative estimate of drug-likeness (QED) is 0.0677. The van der Waals surface area contributed by atoms with Crippen molar-refractivity contribution >= 4 is 72.6 Å². The molecule has 4 fully saturated rings. The average molecular weight is 1260 g/mol. The monoisotopic (exact) mass is 1260 g/mol. The van der Waals surface area contributed by atoms with Crippen LogP contribution in [-0.4, -0.2) is 50.1 Å². The summed E-state index contributed by atoms with van der Waals surface area (Å²) in [7, 11) is 0. The van der Waals surface area contributed by atoms with Crippen LogP contribution in [0.25, 0.3) is 21.8 Å². The summed E-state index contributed by atoms with van der Waals surface area (Å²) in [6.45, 7) is 9.07. The second-order valence-electron chi connectivity index (χ2n) is 24.3. The third kappa shape index (κ3) is 15.2. The number of aromatic carboxylic acids is 1. The molecule has 2 aromatic heterocycles. The number of aromatic nitrogens is 2. The minimum Gasteiger partial charge on any atom is -0.478 e. The normalized spacial score (nSPS) is 21.3. The fourth-order valence-electron chi connectivity index (χ4n) is 13.6. The van der Waals surface area contributed by atoms with Gasteiger partial charge in [0.25, 0.3) is 5.91 Å². The molecule has 2 spiro atoms. The van der Waals surface area contributed by atoms with Crippen LogP contribution in [0.2, 0.25) is 0 Å². The minimum absolute atomic E-state index is 0. The van der Waals surface area contributed by atoms with Crippen molar-refractivity contribution in [2.75, 3.05) is 0 Å². The van der Waals surface area contributed by atoms with Crippen molar-refractivity contribution in [3.05, 3.63) is 214 Å². The van der Waals surface area contributed by atoms with E-state index < -0.39 is 29.4 Å². The average Bonchev–Trinajstić information content (AvgIpc) is 1.43. The lowest BCUT2D eigenvalue weighted by Gasteiger charge is -2.57. The molecular formula is C70H76F6N4O7S2. The molecule has 1 unspecified atom stereocenters. The van der Waals surface area contributed by atoms with E-state index in [0.717, 1.165) is 120 Å². The van der Waals surface area contributed by atoms with E-state index in [4.69, 9.17) is 15.2 Å². The van der Waals surface area contributed by atoms with Crippen LogP contribution in [0, 0.1) is 22.7 Å². The summed E-state index contributed by atoms with van der Waals surface area (Å²) in [6.07, 6.45) is 2.42. The van der Waals surface area contributed by atoms with Gasteiger partial charge in [0, 0.05) is 59.4 Å². The first-order valence-corrected chi connectivity index (χ1v) is 29.8. The SMILES string of the molecule is CC(OC(=O)C1CC2(CC(N)C2)C1)c1ccccc1.CCn1cc(C(=O)NC2CC3(C2)CC(C(=O)O[C@@H](C)c2ccccc2)C3)c2c(Cc3ccc(C(F)(F)F)cc3)cccc21.CCn1cc(C(=O)O)c2c(Cc3ccc(C(F)(F)F)cc3)cccc21.S.S. The van der Waals surface area contributed by atoms with E-state index in [2.05, 4.69) is 5.32 Å². The van der Waals surface area contributed by atoms with Crippen LogP contribution < -0.4 is 11.1 Å². The van der Waals surface area contributed by atoms with Crippen LogP contribution in [0.3, 0.4) is 0 Å². The van der Waals surface area contributed by atoms with Gasteiger partial charge in [-0.1, -0.05) is 109 Å². The highest BCUT2D eigenvalue weighted by Crippen LogP contribution is 2.60. The number of aryl methyl sites for hydroxylation is 2. The van der Waals surface area contributed by atoms with Gasteiger partial charge >= 0.3 is 30.3 Å². The lowest BCUT2D eigenvalue weighted by Crippen LogP contribution is -2.57. The van der Waals surface area contributed by atoms with E-state index in [0.29, 0.717) is 53.9 Å². The van der Waals surface area contributed by atoms with Crippen LogP contribution in [-0.2, 0) is 57.3 Å². The van der Waals surface area contributed by atoms with Crippen LogP contribution >= 0.6 is 27.0 Å². The first-order valence-electron chi connectivity index (χ1n) is 29.8. The molecule has 11 nitrogen and oxygen atoms in total. The molecule has 2 atom stereocenters. The number of ether oxygens (including phenoxy) is 2. The number of halogens is 6. The smallest absolute Gasteiger partial charge is 0.416 e. The fraction of sp³-hybridized carbons (Fsp3) is 0.371. The van der Waals surface area contributed by atoms with Crippen molar-refractivity contribution in [1.82, 2.24) is 14.5 Å². The molecule has 89 heavy (non-hydrogen) atoms. The zero-order chi connectivity index (χ0) is 62.0. The highest BCUT2D eigenvalue weighted by atomic mass is 32.1. The number of benzene rings is 6. The summed E-state index contributed by atoms with van der Waals surface area (Å²) in [4.78, 5) is 49.9. The first-order chi connectivity index (χ1) is 41.4. The number of carbonyl (C=O) groups is 4. The van der Waals surface area contributed by atoms with Gasteiger partial charge in [-0.15, -0.1) is 0 Å². The molecule has 6 aromatic carbocycles. The van der Waals surface area contributed by atoms with E-state index in [1.54, 1.807) is 6.20 Å². The summed E-state index contributed by atoms with van der Waals surface area (Å²) in [5.41, 5.74) is 12.6. The van der Waals surface area contributed by atoms with Gasteiger partial charge in [-0.05, 0) is 173 Å². The highest BCUT2D eigenvalue weighted by molar-refractivity contribution is 7.59. The Labute approximate surface area is 528 Å². The highest BCUT2D eigenvalue weighted by Gasteiger charge is 2.56. The number of amides is 1. The van der Waals surface area contributed by atoms with Gasteiger partial charge in [-0.2, -0.15) is 53.3 Å². The Morgan fingerprint density at radius 3 is 1.30 bits per heavy atom. The number of fused-ring (bicyclic) bond motifs is 2. The largest absolute Gasteiger partial charge is 0.478 e. The van der Waals surface area contributed by atoms with Crippen molar-refractivity contribution < 1.29 is 60.1 Å². The Bertz CT molecular complexity index is 3750. The number of nitrogens with zero attached hydrogens (tertiary/aromatic N) is 2. The number of nitrogens with one attached hydrogen (secondary N) is 1. The van der Waals surface area contributed by atoms with Gasteiger partial charge in [-0.25, -0.2) is 4.79 Å². The van der Waals surface area contributed by atoms with E-state index in [-0.39, 0.29) is 85.9 Å². The maximum atomic E-state index is 13.6. The molecular weight excluding hydrogens is 1190 g/mol. The molecule has 4 N–H and O–H groups in total. The Kier molecular flexibility index (Phi) is 21.0. The predicted molar refractivity (Wildman–Crippen MR) is 341 cm³/mol. The van der Waals surface area contributed by atoms with Gasteiger partial charge in [0.05, 0.1) is 34.1 Å². The molecule has 19 heteroatoms. The predicted octanol–water partition coefficient (Wildman–Crippen LogP) is 15.9. The molecule has 0 saturated heterocycles. The third-order valence-electron chi connectivity index (χ3n) is 18.1. The number of carboxylic acids is 1. The number of hydrogen-bond acceptors (Lipinski definition) is 7. The van der Waals surface area contributed by atoms with Crippen molar-refractivity contribution in [3.8, 4) is 0 Å². The maximum absolute atomic E-state index is 13.6. The van der Waals surface area contributed by atoms with Crippen LogP contribution in [0.15, 0.2) is 158 Å². The Balaban J connectivity index is 0.000000188. The molecule has 0 aliphatic heterocycles. The topological polar surface area (TPSA) is 155 Å². The van der Waals surface area contributed by atoms with E-state index in [9.17, 15) is 50.6 Å². The maximum Gasteiger partial charge on any atom is 0.416 e. The Morgan fingerprint density at radius 1 is 0.551 bits per heavy atom. The van der Waals surface area contributed by atoms with Gasteiger partial charge in [0.2, 0.25) is 0 Å². The van der Waals surface area contributed by atoms with E-state index in [1.807, 2.05) is 140 Å². The Hall–Kier alpha value is -7.48. The lowest BCUT2D eigenvalue weighted by atomic mass is 9.50. The second-order valence-corrected chi connectivity index (χ2v) is 24.3. The Morgan fingerprint density at radius 2 is 0.933 bits per heavy atom. The molecule has 472 valence electrons. The summed E-state index contributed by atoms with van der Waals surface area (Å²) in [6, 6.07) is 41.4. The van der Waals surface area contributed by atoms with Gasteiger partial charge in [0.1, 0.15) is 12.2 Å². The van der Waals surface area contributed by atoms with Crippen molar-refractivity contribution in [3.63, 3.8) is 0 Å². The molecule has 12 rings (SSSR count). The number of carboxylic acid groups (broad SMARTS) is 1. The summed E-state index contributed by atoms with van der Waals surface area (Å²) >= 11 is 0. The molecule has 1 amide bonds. The van der Waals surface area contributed by atoms with Crippen molar-refractivity contribution in [2.45, 2.75) is 142 Å². The second kappa shape index (κ2) is 27.7. The number of nitrogens with two attached hydrogens (primary N) is 1. The van der Waals surface area contributed by atoms with Crippen LogP contribution in [0.5, 0.6) is 0 Å². The van der Waals surface area contributed by atoms with Crippen LogP contribution in [0.1, 0.15) is 156 Å². The van der Waals surface area contributed by atoms with Gasteiger partial charge in [-0.3, -0.25) is 14.4 Å². The molecule has 2 heterocycles. The molecule has 8 aromatic rings. The number of esters is 2. The van der Waals surface area contributed by atoms with Gasteiger partial charge < -0.3 is 34.8 Å². The summed E-state index contributed by atoms with van der Waals surface area (Å²) < 4.78 is 92.3. The van der Waals surface area contributed by atoms with E-state index >= 15 is 0 Å². The number of hydrogen-bond donors (Lipinski definition) is 3. The van der Waals surface area contributed by atoms with E-state index in [1.165, 1.54) is 24.3 Å². The van der Waals surface area contributed by atoms with Crippen molar-refractivity contribution in [2.24, 2.45) is 28.4 Å². The molecule has 0 bridgehead atoms. The molecule has 4 aliphatic rings. The molecule has 0 radical (unpaired) electrons. The molecule has 4 saturated carbocycles. The number of carbonyl (C=O) groups excluding carboxylic acids is 3. The zero-order valence-electron chi connectivity index (χ0n) is 50.1. The minimum atomic E-state index is -4.38. The lowest BCUT2D eigenvalue weighted by molar-refractivity contribution is -0.168. The van der Waals surface area contributed by atoms with Gasteiger partial charge in [0.15, 0.2) is 0 Å². The van der Waals surface area contributed by atoms with Crippen LogP contribution in [0.4, 0.5) is 26.3 Å². The zero-order valence-corrected chi connectivity index (χ0v) is 52.1. The first kappa shape index (κ1) is 67.5. The summed E-state index contributed by atoms with van der Waals surface area (Å²) in [5, 5.41) is 14.1. The molecule has 4 aliphatic carbocycles. The van der Waals surface area contributed by atoms with Crippen molar-refractivity contribution in [1.29, 1.82) is 0 Å². The summed E-state index contributed by atoms with van der Waals surface area (Å²) in [5.74, 6) is -1.36. The number of alkyl halides is 6.